The summed E-state index contributed by atoms with van der Waals surface area (Å²) in [5.74, 6) is 0.978. The minimum absolute atomic E-state index is 0.539. The van der Waals surface area contributed by atoms with Crippen molar-refractivity contribution >= 4 is 0 Å². The lowest BCUT2D eigenvalue weighted by Crippen LogP contribution is -2.20. The van der Waals surface area contributed by atoms with Crippen LogP contribution in [0.2, 0.25) is 0 Å². The van der Waals surface area contributed by atoms with Crippen molar-refractivity contribution in [2.24, 2.45) is 0 Å². The van der Waals surface area contributed by atoms with Gasteiger partial charge in [-0.15, -0.1) is 0 Å². The Hall–Kier alpha value is -1.02. The Labute approximate surface area is 104 Å². The molecular formula is C15H23NO. The topological polar surface area (TPSA) is 21.3 Å². The number of methoxy groups -OCH3 is 1. The predicted molar refractivity (Wildman–Crippen MR) is 71.6 cm³/mol. The van der Waals surface area contributed by atoms with Gasteiger partial charge in [0.05, 0.1) is 7.11 Å². The molecule has 1 unspecified atom stereocenters. The average Bonchev–Trinajstić information content (AvgIpc) is 2.77. The monoisotopic (exact) mass is 233 g/mol. The van der Waals surface area contributed by atoms with Gasteiger partial charge in [-0.05, 0) is 49.1 Å². The van der Waals surface area contributed by atoms with Crippen molar-refractivity contribution in [2.45, 2.75) is 45.1 Å². The average molecular weight is 233 g/mol. The lowest BCUT2D eigenvalue weighted by molar-refractivity contribution is 0.413. The predicted octanol–water partition coefficient (Wildman–Crippen LogP) is 3.46. The number of unbranched alkanes of at least 4 members (excludes halogenated alkanes) is 2. The molecule has 0 aromatic heterocycles. The van der Waals surface area contributed by atoms with E-state index in [9.17, 15) is 0 Å². The summed E-state index contributed by atoms with van der Waals surface area (Å²) < 4.78 is 5.30. The van der Waals surface area contributed by atoms with E-state index in [1.165, 1.54) is 43.2 Å². The highest BCUT2D eigenvalue weighted by Crippen LogP contribution is 2.33. The minimum atomic E-state index is 0.539. The van der Waals surface area contributed by atoms with Crippen LogP contribution in [-0.2, 0) is 6.42 Å². The van der Waals surface area contributed by atoms with Gasteiger partial charge >= 0.3 is 0 Å². The Morgan fingerprint density at radius 2 is 2.24 bits per heavy atom. The molecule has 0 radical (unpaired) electrons. The van der Waals surface area contributed by atoms with Gasteiger partial charge in [-0.3, -0.25) is 0 Å². The van der Waals surface area contributed by atoms with E-state index in [0.29, 0.717) is 6.04 Å². The number of nitrogens with one attached hydrogen (secondary N) is 1. The maximum absolute atomic E-state index is 5.30. The second-order valence-corrected chi connectivity index (χ2v) is 4.82. The fourth-order valence-corrected chi connectivity index (χ4v) is 2.57. The third-order valence-electron chi connectivity index (χ3n) is 3.60. The summed E-state index contributed by atoms with van der Waals surface area (Å²) in [5, 5.41) is 3.67. The van der Waals surface area contributed by atoms with Gasteiger partial charge in [0, 0.05) is 6.04 Å². The minimum Gasteiger partial charge on any atom is -0.497 e. The maximum Gasteiger partial charge on any atom is 0.119 e. The largest absolute Gasteiger partial charge is 0.497 e. The lowest BCUT2D eigenvalue weighted by atomic mass is 10.1. The highest BCUT2D eigenvalue weighted by molar-refractivity contribution is 5.40. The molecule has 1 aliphatic carbocycles. The van der Waals surface area contributed by atoms with Crippen LogP contribution in [0.1, 0.15) is 49.8 Å². The number of hydrogen-bond acceptors (Lipinski definition) is 2. The fourth-order valence-electron chi connectivity index (χ4n) is 2.57. The Balaban J connectivity index is 1.95. The van der Waals surface area contributed by atoms with Crippen molar-refractivity contribution in [2.75, 3.05) is 13.7 Å². The second kappa shape index (κ2) is 6.06. The highest BCUT2D eigenvalue weighted by atomic mass is 16.5. The molecule has 1 N–H and O–H groups in total. The second-order valence-electron chi connectivity index (χ2n) is 4.82. The third-order valence-corrected chi connectivity index (χ3v) is 3.60. The standard InChI is InChI=1S/C15H23NO/c1-3-4-5-10-16-15-9-7-12-6-8-13(17-2)11-14(12)15/h6,8,11,15-16H,3-5,7,9-10H2,1-2H3. The van der Waals surface area contributed by atoms with E-state index in [2.05, 4.69) is 30.4 Å². The van der Waals surface area contributed by atoms with Crippen molar-refractivity contribution in [3.8, 4) is 5.75 Å². The quantitative estimate of drug-likeness (QED) is 0.760. The van der Waals surface area contributed by atoms with Crippen molar-refractivity contribution in [1.29, 1.82) is 0 Å². The van der Waals surface area contributed by atoms with Crippen LogP contribution in [0.5, 0.6) is 5.75 Å². The van der Waals surface area contributed by atoms with E-state index in [0.717, 1.165) is 12.3 Å². The summed E-state index contributed by atoms with van der Waals surface area (Å²) in [5.41, 5.74) is 2.93. The molecule has 0 saturated carbocycles. The van der Waals surface area contributed by atoms with Gasteiger partial charge in [0.25, 0.3) is 0 Å². The number of aryl methyl sites for hydroxylation is 1. The van der Waals surface area contributed by atoms with Crippen LogP contribution in [0.4, 0.5) is 0 Å². The summed E-state index contributed by atoms with van der Waals surface area (Å²) in [6.45, 7) is 3.38. The zero-order chi connectivity index (χ0) is 12.1. The Bertz CT molecular complexity index is 362. The smallest absolute Gasteiger partial charge is 0.119 e. The first-order valence-corrected chi connectivity index (χ1v) is 6.75. The van der Waals surface area contributed by atoms with E-state index in [-0.39, 0.29) is 0 Å². The molecule has 1 aromatic rings. The van der Waals surface area contributed by atoms with Crippen LogP contribution in [0.3, 0.4) is 0 Å². The molecule has 1 atom stereocenters. The fraction of sp³-hybridized carbons (Fsp3) is 0.600. The molecule has 0 saturated heterocycles. The van der Waals surface area contributed by atoms with Crippen LogP contribution < -0.4 is 10.1 Å². The van der Waals surface area contributed by atoms with E-state index >= 15 is 0 Å². The summed E-state index contributed by atoms with van der Waals surface area (Å²) in [7, 11) is 1.74. The first-order valence-electron chi connectivity index (χ1n) is 6.75. The molecule has 0 spiro atoms. The molecule has 1 aromatic carbocycles. The highest BCUT2D eigenvalue weighted by Gasteiger charge is 2.21. The van der Waals surface area contributed by atoms with Gasteiger partial charge in [0.1, 0.15) is 5.75 Å². The van der Waals surface area contributed by atoms with Crippen molar-refractivity contribution in [3.63, 3.8) is 0 Å². The molecule has 2 nitrogen and oxygen atoms in total. The molecule has 0 aliphatic heterocycles. The van der Waals surface area contributed by atoms with Crippen molar-refractivity contribution < 1.29 is 4.74 Å². The van der Waals surface area contributed by atoms with E-state index in [1.54, 1.807) is 7.11 Å². The summed E-state index contributed by atoms with van der Waals surface area (Å²) >= 11 is 0. The lowest BCUT2D eigenvalue weighted by Gasteiger charge is -2.14. The van der Waals surface area contributed by atoms with Gasteiger partial charge in [-0.1, -0.05) is 25.8 Å². The Morgan fingerprint density at radius 1 is 1.35 bits per heavy atom. The molecule has 94 valence electrons. The number of hydrogen-bond donors (Lipinski definition) is 1. The van der Waals surface area contributed by atoms with E-state index in [4.69, 9.17) is 4.74 Å². The van der Waals surface area contributed by atoms with Gasteiger partial charge in [0.2, 0.25) is 0 Å². The molecule has 1 aliphatic rings. The first kappa shape index (κ1) is 12.4. The molecule has 2 rings (SSSR count). The van der Waals surface area contributed by atoms with Gasteiger partial charge < -0.3 is 10.1 Å². The van der Waals surface area contributed by atoms with Crippen LogP contribution in [0.25, 0.3) is 0 Å². The zero-order valence-corrected chi connectivity index (χ0v) is 11.0. The van der Waals surface area contributed by atoms with Crippen LogP contribution in [0, 0.1) is 0 Å². The summed E-state index contributed by atoms with van der Waals surface area (Å²) in [6, 6.07) is 7.01. The molecule has 0 fully saturated rings. The molecule has 0 amide bonds. The SMILES string of the molecule is CCCCCNC1CCc2ccc(OC)cc21. The Kier molecular flexibility index (Phi) is 4.43. The normalized spacial score (nSPS) is 18.1. The maximum atomic E-state index is 5.30. The van der Waals surface area contributed by atoms with Crippen LogP contribution in [0.15, 0.2) is 18.2 Å². The molecule has 17 heavy (non-hydrogen) atoms. The molecule has 0 heterocycles. The van der Waals surface area contributed by atoms with Gasteiger partial charge in [0.15, 0.2) is 0 Å². The van der Waals surface area contributed by atoms with E-state index < -0.39 is 0 Å². The number of benzene rings is 1. The first-order chi connectivity index (χ1) is 8.35. The zero-order valence-electron chi connectivity index (χ0n) is 11.0. The summed E-state index contributed by atoms with van der Waals surface area (Å²) in [4.78, 5) is 0. The number of fused-ring (bicyclic) bond motifs is 1. The van der Waals surface area contributed by atoms with Gasteiger partial charge in [-0.25, -0.2) is 0 Å². The Morgan fingerprint density at radius 3 is 3.00 bits per heavy atom. The molecular weight excluding hydrogens is 210 g/mol. The van der Waals surface area contributed by atoms with Crippen LogP contribution in [-0.4, -0.2) is 13.7 Å². The summed E-state index contributed by atoms with van der Waals surface area (Å²) in [6.07, 6.45) is 6.33. The van der Waals surface area contributed by atoms with Gasteiger partial charge in [-0.2, -0.15) is 0 Å². The number of rotatable bonds is 6. The van der Waals surface area contributed by atoms with E-state index in [1.807, 2.05) is 0 Å². The van der Waals surface area contributed by atoms with Crippen molar-refractivity contribution in [1.82, 2.24) is 5.32 Å². The molecule has 2 heteroatoms. The number of ether oxygens (including phenoxy) is 1. The van der Waals surface area contributed by atoms with Crippen molar-refractivity contribution in [3.05, 3.63) is 29.3 Å². The molecule has 0 bridgehead atoms. The third kappa shape index (κ3) is 3.01. The van der Waals surface area contributed by atoms with Crippen LogP contribution >= 0.6 is 0 Å².